The monoisotopic (exact) mass is 357 g/mol. The third kappa shape index (κ3) is 4.24. The Morgan fingerprint density at radius 3 is 2.96 bits per heavy atom. The van der Waals surface area contributed by atoms with Crippen LogP contribution in [0.4, 0.5) is 0 Å². The van der Waals surface area contributed by atoms with Crippen LogP contribution in [0.5, 0.6) is 0 Å². The van der Waals surface area contributed by atoms with Gasteiger partial charge in [0.25, 0.3) is 0 Å². The molecule has 2 heterocycles. The van der Waals surface area contributed by atoms with Crippen molar-refractivity contribution in [1.29, 1.82) is 0 Å². The summed E-state index contributed by atoms with van der Waals surface area (Å²) in [5, 5.41) is 14.8. The molecular weight excluding hydrogens is 338 g/mol. The van der Waals surface area contributed by atoms with Gasteiger partial charge >= 0.3 is 5.97 Å². The number of amides is 1. The number of fused-ring (bicyclic) bond motifs is 1. The van der Waals surface area contributed by atoms with Crippen LogP contribution in [0.2, 0.25) is 0 Å². The normalized spacial score (nSPS) is 12.2. The molecule has 0 bridgehead atoms. The number of nitrogens with one attached hydrogen (secondary N) is 2. The van der Waals surface area contributed by atoms with Gasteiger partial charge in [-0.1, -0.05) is 11.6 Å². The standard InChI is InChI=1S/C18H19N3O3S/c1-11-2-4-15-14(6-11)12(8-19-15)3-5-17(22)21-16(18(23)24)7-13-9-25-10-20-13/h2,4,6,8-10,16,19H,3,5,7H2,1H3,(H,21,22)(H,23,24). The highest BCUT2D eigenvalue weighted by atomic mass is 32.1. The van der Waals surface area contributed by atoms with Crippen molar-refractivity contribution in [3.05, 3.63) is 52.1 Å². The lowest BCUT2D eigenvalue weighted by Crippen LogP contribution is -2.42. The number of aromatic amines is 1. The van der Waals surface area contributed by atoms with E-state index in [-0.39, 0.29) is 18.7 Å². The lowest BCUT2D eigenvalue weighted by atomic mass is 10.1. The van der Waals surface area contributed by atoms with Gasteiger partial charge in [0.1, 0.15) is 6.04 Å². The highest BCUT2D eigenvalue weighted by molar-refractivity contribution is 7.07. The first-order chi connectivity index (χ1) is 12.0. The zero-order valence-electron chi connectivity index (χ0n) is 13.8. The summed E-state index contributed by atoms with van der Waals surface area (Å²) >= 11 is 1.40. The van der Waals surface area contributed by atoms with Crippen LogP contribution in [-0.4, -0.2) is 33.0 Å². The Hall–Kier alpha value is -2.67. The minimum absolute atomic E-state index is 0.191. The maximum Gasteiger partial charge on any atom is 0.326 e. The number of H-pyrrole nitrogens is 1. The molecule has 3 rings (SSSR count). The summed E-state index contributed by atoms with van der Waals surface area (Å²) in [4.78, 5) is 30.8. The number of carboxylic acids is 1. The van der Waals surface area contributed by atoms with Gasteiger partial charge < -0.3 is 15.4 Å². The predicted octanol–water partition coefficient (Wildman–Crippen LogP) is 2.68. The van der Waals surface area contributed by atoms with Crippen LogP contribution < -0.4 is 5.32 Å². The first-order valence-electron chi connectivity index (χ1n) is 7.99. The molecule has 1 amide bonds. The second-order valence-electron chi connectivity index (χ2n) is 6.01. The Morgan fingerprint density at radius 1 is 1.40 bits per heavy atom. The molecule has 0 saturated heterocycles. The number of hydrogen-bond donors (Lipinski definition) is 3. The highest BCUT2D eigenvalue weighted by Crippen LogP contribution is 2.20. The van der Waals surface area contributed by atoms with Crippen LogP contribution in [0.25, 0.3) is 10.9 Å². The molecule has 2 aromatic heterocycles. The number of carboxylic acid groups (broad SMARTS) is 1. The minimum atomic E-state index is -1.05. The number of thiazole rings is 1. The van der Waals surface area contributed by atoms with Crippen molar-refractivity contribution in [3.8, 4) is 0 Å². The fraction of sp³-hybridized carbons (Fsp3) is 0.278. The van der Waals surface area contributed by atoms with Crippen LogP contribution >= 0.6 is 11.3 Å². The number of benzene rings is 1. The van der Waals surface area contributed by atoms with Gasteiger partial charge in [0, 0.05) is 35.3 Å². The molecule has 130 valence electrons. The van der Waals surface area contributed by atoms with E-state index in [9.17, 15) is 14.7 Å². The van der Waals surface area contributed by atoms with Gasteiger partial charge in [-0.15, -0.1) is 11.3 Å². The smallest absolute Gasteiger partial charge is 0.326 e. The number of nitrogens with zero attached hydrogens (tertiary/aromatic N) is 1. The SMILES string of the molecule is Cc1ccc2[nH]cc(CCC(=O)NC(Cc3cscn3)C(=O)O)c2c1. The van der Waals surface area contributed by atoms with Gasteiger partial charge in [0.2, 0.25) is 5.91 Å². The topological polar surface area (TPSA) is 95.1 Å². The van der Waals surface area contributed by atoms with E-state index >= 15 is 0 Å². The number of rotatable bonds is 7. The van der Waals surface area contributed by atoms with E-state index in [0.717, 1.165) is 22.0 Å². The molecule has 0 aliphatic heterocycles. The summed E-state index contributed by atoms with van der Waals surface area (Å²) in [6.45, 7) is 2.03. The molecule has 3 aromatic rings. The Balaban J connectivity index is 1.61. The Bertz CT molecular complexity index is 886. The number of aliphatic carboxylic acids is 1. The summed E-state index contributed by atoms with van der Waals surface area (Å²) in [6, 6.07) is 5.18. The highest BCUT2D eigenvalue weighted by Gasteiger charge is 2.21. The average molecular weight is 357 g/mol. The van der Waals surface area contributed by atoms with Crippen molar-refractivity contribution >= 4 is 34.1 Å². The van der Waals surface area contributed by atoms with Crippen molar-refractivity contribution in [3.63, 3.8) is 0 Å². The zero-order chi connectivity index (χ0) is 17.8. The van der Waals surface area contributed by atoms with Crippen molar-refractivity contribution < 1.29 is 14.7 Å². The number of hydrogen-bond acceptors (Lipinski definition) is 4. The van der Waals surface area contributed by atoms with Gasteiger partial charge in [-0.25, -0.2) is 9.78 Å². The molecule has 0 fully saturated rings. The van der Waals surface area contributed by atoms with Crippen LogP contribution in [0.1, 0.15) is 23.2 Å². The van der Waals surface area contributed by atoms with Crippen molar-refractivity contribution in [2.24, 2.45) is 0 Å². The molecule has 0 saturated carbocycles. The summed E-state index contributed by atoms with van der Waals surface area (Å²) in [7, 11) is 0. The second-order valence-corrected chi connectivity index (χ2v) is 6.72. The van der Waals surface area contributed by atoms with Gasteiger partial charge in [-0.2, -0.15) is 0 Å². The Labute approximate surface area is 148 Å². The Kier molecular flexibility index (Phi) is 5.14. The largest absolute Gasteiger partial charge is 0.480 e. The number of aromatic nitrogens is 2. The predicted molar refractivity (Wildman–Crippen MR) is 96.7 cm³/mol. The summed E-state index contributed by atoms with van der Waals surface area (Å²) < 4.78 is 0. The molecule has 0 aliphatic carbocycles. The van der Waals surface area contributed by atoms with Gasteiger partial charge in [0.05, 0.1) is 11.2 Å². The van der Waals surface area contributed by atoms with E-state index in [2.05, 4.69) is 21.4 Å². The van der Waals surface area contributed by atoms with Crippen LogP contribution in [0.15, 0.2) is 35.3 Å². The molecule has 1 aromatic carbocycles. The van der Waals surface area contributed by atoms with Crippen molar-refractivity contribution in [2.75, 3.05) is 0 Å². The number of carbonyl (C=O) groups is 2. The number of aryl methyl sites for hydroxylation is 2. The molecule has 6 nitrogen and oxygen atoms in total. The minimum Gasteiger partial charge on any atom is -0.480 e. The van der Waals surface area contributed by atoms with E-state index in [0.29, 0.717) is 12.1 Å². The molecule has 0 spiro atoms. The van der Waals surface area contributed by atoms with Crippen molar-refractivity contribution in [1.82, 2.24) is 15.3 Å². The lowest BCUT2D eigenvalue weighted by Gasteiger charge is -2.13. The lowest BCUT2D eigenvalue weighted by molar-refractivity contribution is -0.141. The maximum absolute atomic E-state index is 12.2. The molecule has 1 unspecified atom stereocenters. The fourth-order valence-corrected chi connectivity index (χ4v) is 3.33. The van der Waals surface area contributed by atoms with Gasteiger partial charge in [0.15, 0.2) is 0 Å². The van der Waals surface area contributed by atoms with E-state index in [4.69, 9.17) is 0 Å². The van der Waals surface area contributed by atoms with Crippen LogP contribution in [0.3, 0.4) is 0 Å². The fourth-order valence-electron chi connectivity index (χ4n) is 2.76. The molecule has 7 heteroatoms. The maximum atomic E-state index is 12.2. The third-order valence-corrected chi connectivity index (χ3v) is 4.71. The second kappa shape index (κ2) is 7.48. The van der Waals surface area contributed by atoms with E-state index in [1.165, 1.54) is 11.3 Å². The molecule has 25 heavy (non-hydrogen) atoms. The Morgan fingerprint density at radius 2 is 2.24 bits per heavy atom. The van der Waals surface area contributed by atoms with Gasteiger partial charge in [-0.05, 0) is 31.0 Å². The van der Waals surface area contributed by atoms with E-state index < -0.39 is 12.0 Å². The molecule has 0 aliphatic rings. The first-order valence-corrected chi connectivity index (χ1v) is 8.93. The van der Waals surface area contributed by atoms with Crippen LogP contribution in [-0.2, 0) is 22.4 Å². The summed E-state index contributed by atoms with van der Waals surface area (Å²) in [5.41, 5.74) is 5.57. The average Bonchev–Trinajstić information content (AvgIpc) is 3.21. The molecule has 3 N–H and O–H groups in total. The van der Waals surface area contributed by atoms with E-state index in [1.807, 2.05) is 25.3 Å². The van der Waals surface area contributed by atoms with E-state index in [1.54, 1.807) is 10.9 Å². The van der Waals surface area contributed by atoms with Crippen LogP contribution in [0, 0.1) is 6.92 Å². The zero-order valence-corrected chi connectivity index (χ0v) is 14.6. The van der Waals surface area contributed by atoms with Gasteiger partial charge in [-0.3, -0.25) is 4.79 Å². The third-order valence-electron chi connectivity index (χ3n) is 4.07. The summed E-state index contributed by atoms with van der Waals surface area (Å²) in [6.07, 6.45) is 2.89. The molecular formula is C18H19N3O3S. The summed E-state index contributed by atoms with van der Waals surface area (Å²) in [5.74, 6) is -1.33. The van der Waals surface area contributed by atoms with Crippen molar-refractivity contribution in [2.45, 2.75) is 32.2 Å². The molecule has 1 atom stereocenters. The first kappa shape index (κ1) is 17.2. The quantitative estimate of drug-likeness (QED) is 0.606. The number of carbonyl (C=O) groups excluding carboxylic acids is 1. The molecule has 0 radical (unpaired) electrons.